The fourth-order valence-corrected chi connectivity index (χ4v) is 4.09. The van der Waals surface area contributed by atoms with Crippen LogP contribution < -0.4 is 10.6 Å². The average molecular weight is 448 g/mol. The van der Waals surface area contributed by atoms with E-state index in [4.69, 9.17) is 0 Å². The molecule has 0 aliphatic carbocycles. The first-order chi connectivity index (χ1) is 16.0. The molecule has 1 saturated heterocycles. The molecular weight excluding hydrogens is 414 g/mol. The zero-order chi connectivity index (χ0) is 23.6. The smallest absolute Gasteiger partial charge is 0.244 e. The Kier molecular flexibility index (Phi) is 8.81. The number of benzene rings is 2. The van der Waals surface area contributed by atoms with Crippen LogP contribution in [0.5, 0.6) is 0 Å². The Morgan fingerprint density at radius 1 is 1.00 bits per heavy atom. The van der Waals surface area contributed by atoms with E-state index in [9.17, 15) is 14.4 Å². The molecule has 2 N–H and O–H groups in total. The summed E-state index contributed by atoms with van der Waals surface area (Å²) < 4.78 is 0. The van der Waals surface area contributed by atoms with E-state index < -0.39 is 6.04 Å². The maximum Gasteiger partial charge on any atom is 0.244 e. The minimum Gasteiger partial charge on any atom is -0.351 e. The number of carbonyl (C=O) groups excluding carboxylic acids is 3. The van der Waals surface area contributed by atoms with E-state index in [1.807, 2.05) is 72.5 Å². The Hall–Kier alpha value is -3.41. The van der Waals surface area contributed by atoms with Gasteiger partial charge in [-0.05, 0) is 43.4 Å². The summed E-state index contributed by atoms with van der Waals surface area (Å²) in [6, 6.07) is 18.8. The Morgan fingerprint density at radius 3 is 2.21 bits per heavy atom. The number of rotatable bonds is 8. The van der Waals surface area contributed by atoms with Crippen LogP contribution in [0.3, 0.4) is 0 Å². The quantitative estimate of drug-likeness (QED) is 0.608. The van der Waals surface area contributed by atoms with Crippen molar-refractivity contribution >= 4 is 23.8 Å². The van der Waals surface area contributed by atoms with E-state index in [-0.39, 0.29) is 29.7 Å². The summed E-state index contributed by atoms with van der Waals surface area (Å²) in [7, 11) is 0. The van der Waals surface area contributed by atoms with E-state index >= 15 is 0 Å². The minimum atomic E-state index is -0.639. The Balaban J connectivity index is 1.44. The summed E-state index contributed by atoms with van der Waals surface area (Å²) in [4.78, 5) is 39.6. The molecule has 0 saturated carbocycles. The summed E-state index contributed by atoms with van der Waals surface area (Å²) in [6.07, 6.45) is 5.32. The lowest BCUT2D eigenvalue weighted by molar-refractivity contribution is -0.134. The van der Waals surface area contributed by atoms with Gasteiger partial charge in [-0.25, -0.2) is 0 Å². The predicted molar refractivity (Wildman–Crippen MR) is 130 cm³/mol. The van der Waals surface area contributed by atoms with E-state index in [2.05, 4.69) is 10.6 Å². The maximum atomic E-state index is 13.0. The highest BCUT2D eigenvalue weighted by atomic mass is 16.2. The number of hydrogen-bond acceptors (Lipinski definition) is 3. The minimum absolute atomic E-state index is 0.00225. The largest absolute Gasteiger partial charge is 0.351 e. The highest BCUT2D eigenvalue weighted by Crippen LogP contribution is 2.24. The van der Waals surface area contributed by atoms with Gasteiger partial charge in [0.1, 0.15) is 6.04 Å². The molecule has 33 heavy (non-hydrogen) atoms. The van der Waals surface area contributed by atoms with Gasteiger partial charge in [0.2, 0.25) is 17.7 Å². The van der Waals surface area contributed by atoms with Crippen LogP contribution in [-0.4, -0.2) is 47.8 Å². The number of likely N-dealkylation sites (tertiary alicyclic amines) is 1. The molecule has 2 atom stereocenters. The van der Waals surface area contributed by atoms with Crippen molar-refractivity contribution in [3.05, 3.63) is 77.9 Å². The van der Waals surface area contributed by atoms with E-state index in [1.54, 1.807) is 13.0 Å². The van der Waals surface area contributed by atoms with Gasteiger partial charge in [-0.2, -0.15) is 0 Å². The van der Waals surface area contributed by atoms with Crippen molar-refractivity contribution in [3.8, 4) is 0 Å². The predicted octanol–water partition coefficient (Wildman–Crippen LogP) is 3.51. The standard InChI is InChI=1S/C27H33N3O3/c1-3-24(22-12-8-5-9-13-22)27(33)30-18-16-23(17-19-30)29-26(32)20(2)28-25(31)15-14-21-10-6-4-7-11-21/h4-15,20,23-24H,3,16-19H2,1-2H3,(H,28,31)(H,29,32)/b15-14+. The van der Waals surface area contributed by atoms with Gasteiger partial charge in [0.25, 0.3) is 0 Å². The molecule has 1 heterocycles. The molecule has 1 aliphatic heterocycles. The van der Waals surface area contributed by atoms with Crippen molar-refractivity contribution in [1.29, 1.82) is 0 Å². The zero-order valence-corrected chi connectivity index (χ0v) is 19.4. The summed E-state index contributed by atoms with van der Waals surface area (Å²) >= 11 is 0. The van der Waals surface area contributed by atoms with Crippen LogP contribution in [0.15, 0.2) is 66.7 Å². The van der Waals surface area contributed by atoms with Gasteiger partial charge in [-0.3, -0.25) is 14.4 Å². The molecular formula is C27H33N3O3. The van der Waals surface area contributed by atoms with Crippen molar-refractivity contribution in [2.24, 2.45) is 0 Å². The number of nitrogens with zero attached hydrogens (tertiary/aromatic N) is 1. The van der Waals surface area contributed by atoms with Gasteiger partial charge >= 0.3 is 0 Å². The summed E-state index contributed by atoms with van der Waals surface area (Å²) in [5.41, 5.74) is 1.97. The van der Waals surface area contributed by atoms with E-state index in [0.717, 1.165) is 17.5 Å². The molecule has 174 valence electrons. The van der Waals surface area contributed by atoms with Crippen LogP contribution in [-0.2, 0) is 14.4 Å². The Bertz CT molecular complexity index is 951. The van der Waals surface area contributed by atoms with Crippen molar-refractivity contribution in [2.45, 2.75) is 51.1 Å². The highest BCUT2D eigenvalue weighted by molar-refractivity contribution is 5.95. The van der Waals surface area contributed by atoms with Gasteiger partial charge in [0, 0.05) is 25.2 Å². The summed E-state index contributed by atoms with van der Waals surface area (Å²) in [5.74, 6) is -0.499. The third-order valence-corrected chi connectivity index (χ3v) is 6.04. The number of amides is 3. The van der Waals surface area contributed by atoms with Crippen LogP contribution in [0.25, 0.3) is 6.08 Å². The molecule has 6 nitrogen and oxygen atoms in total. The molecule has 0 spiro atoms. The Morgan fingerprint density at radius 2 is 1.61 bits per heavy atom. The fraction of sp³-hybridized carbons (Fsp3) is 0.370. The van der Waals surface area contributed by atoms with Gasteiger partial charge in [0.15, 0.2) is 0 Å². The lowest BCUT2D eigenvalue weighted by Gasteiger charge is -2.35. The van der Waals surface area contributed by atoms with Crippen molar-refractivity contribution in [1.82, 2.24) is 15.5 Å². The maximum absolute atomic E-state index is 13.0. The van der Waals surface area contributed by atoms with Gasteiger partial charge in [0.05, 0.1) is 5.92 Å². The van der Waals surface area contributed by atoms with Crippen LogP contribution in [0, 0.1) is 0 Å². The lowest BCUT2D eigenvalue weighted by atomic mass is 9.93. The number of nitrogens with one attached hydrogen (secondary N) is 2. The summed E-state index contributed by atoms with van der Waals surface area (Å²) in [5, 5.41) is 5.72. The van der Waals surface area contributed by atoms with Gasteiger partial charge in [-0.15, -0.1) is 0 Å². The highest BCUT2D eigenvalue weighted by Gasteiger charge is 2.29. The van der Waals surface area contributed by atoms with Crippen LogP contribution in [0.4, 0.5) is 0 Å². The molecule has 0 radical (unpaired) electrons. The molecule has 3 amide bonds. The average Bonchev–Trinajstić information content (AvgIpc) is 2.85. The zero-order valence-electron chi connectivity index (χ0n) is 19.4. The van der Waals surface area contributed by atoms with Crippen LogP contribution in [0.2, 0.25) is 0 Å². The van der Waals surface area contributed by atoms with E-state index in [0.29, 0.717) is 25.9 Å². The van der Waals surface area contributed by atoms with Crippen molar-refractivity contribution in [3.63, 3.8) is 0 Å². The second-order valence-electron chi connectivity index (χ2n) is 8.45. The van der Waals surface area contributed by atoms with Gasteiger partial charge in [-0.1, -0.05) is 67.6 Å². The molecule has 1 fully saturated rings. The fourth-order valence-electron chi connectivity index (χ4n) is 4.09. The van der Waals surface area contributed by atoms with E-state index in [1.165, 1.54) is 6.08 Å². The number of carbonyl (C=O) groups is 3. The Labute approximate surface area is 196 Å². The monoisotopic (exact) mass is 447 g/mol. The molecule has 6 heteroatoms. The molecule has 2 aromatic carbocycles. The second kappa shape index (κ2) is 12.0. The third kappa shape index (κ3) is 7.04. The number of hydrogen-bond donors (Lipinski definition) is 2. The molecule has 2 aromatic rings. The van der Waals surface area contributed by atoms with Crippen LogP contribution >= 0.6 is 0 Å². The molecule has 0 aromatic heterocycles. The lowest BCUT2D eigenvalue weighted by Crippen LogP contribution is -2.52. The molecule has 1 aliphatic rings. The SMILES string of the molecule is CCC(C(=O)N1CCC(NC(=O)C(C)NC(=O)/C=C/c2ccccc2)CC1)c1ccccc1. The van der Waals surface area contributed by atoms with Gasteiger partial charge < -0.3 is 15.5 Å². The topological polar surface area (TPSA) is 78.5 Å². The van der Waals surface area contributed by atoms with Crippen molar-refractivity contribution in [2.75, 3.05) is 13.1 Å². The van der Waals surface area contributed by atoms with Crippen LogP contribution in [0.1, 0.15) is 50.2 Å². The van der Waals surface area contributed by atoms with Crippen molar-refractivity contribution < 1.29 is 14.4 Å². The normalized spacial score (nSPS) is 16.2. The molecule has 2 unspecified atom stereocenters. The number of piperidine rings is 1. The first kappa shape index (κ1) is 24.2. The molecule has 3 rings (SSSR count). The molecule has 0 bridgehead atoms. The first-order valence-electron chi connectivity index (χ1n) is 11.7. The first-order valence-corrected chi connectivity index (χ1v) is 11.7. The summed E-state index contributed by atoms with van der Waals surface area (Å²) in [6.45, 7) is 4.95. The second-order valence-corrected chi connectivity index (χ2v) is 8.45. The third-order valence-electron chi connectivity index (χ3n) is 6.04.